The van der Waals surface area contributed by atoms with Crippen molar-refractivity contribution in [3.8, 4) is 0 Å². The minimum absolute atomic E-state index is 0.179. The third-order valence-electron chi connectivity index (χ3n) is 4.09. The Hall–Kier alpha value is -2.76. The van der Waals surface area contributed by atoms with Crippen LogP contribution in [0.25, 0.3) is 0 Å². The summed E-state index contributed by atoms with van der Waals surface area (Å²) < 4.78 is 0. The maximum absolute atomic E-state index is 12.7. The molecule has 1 aliphatic heterocycles. The molecule has 0 aliphatic carbocycles. The molecule has 0 saturated carbocycles. The smallest absolute Gasteiger partial charge is 0.276 e. The first-order chi connectivity index (χ1) is 11.6. The van der Waals surface area contributed by atoms with Crippen molar-refractivity contribution in [2.75, 3.05) is 18.4 Å². The number of rotatable bonds is 3. The maximum Gasteiger partial charge on any atom is 0.276 e. The number of nitrogens with one attached hydrogen (secondary N) is 1. The molecule has 2 heterocycles. The van der Waals surface area contributed by atoms with E-state index in [9.17, 15) is 9.59 Å². The van der Waals surface area contributed by atoms with E-state index in [4.69, 9.17) is 0 Å². The monoisotopic (exact) mass is 324 g/mol. The molecule has 1 N–H and O–H groups in total. The molecular weight excluding hydrogens is 304 g/mol. The van der Waals surface area contributed by atoms with Crippen LogP contribution in [0.4, 0.5) is 5.82 Å². The summed E-state index contributed by atoms with van der Waals surface area (Å²) in [4.78, 5) is 35.1. The van der Waals surface area contributed by atoms with Gasteiger partial charge in [0.1, 0.15) is 0 Å². The third-order valence-corrected chi connectivity index (χ3v) is 4.09. The second kappa shape index (κ2) is 7.21. The van der Waals surface area contributed by atoms with Crippen LogP contribution in [0.2, 0.25) is 0 Å². The van der Waals surface area contributed by atoms with Gasteiger partial charge in [-0.1, -0.05) is 17.7 Å². The molecular formula is C18H20N4O2. The van der Waals surface area contributed by atoms with Gasteiger partial charge >= 0.3 is 0 Å². The Bertz CT molecular complexity index is 737. The minimum atomic E-state index is -0.303. The summed E-state index contributed by atoms with van der Waals surface area (Å²) in [5.74, 6) is -0.274. The van der Waals surface area contributed by atoms with E-state index in [1.807, 2.05) is 19.1 Å². The molecule has 6 heteroatoms. The van der Waals surface area contributed by atoms with Gasteiger partial charge in [-0.25, -0.2) is 9.97 Å². The number of carbonyl (C=O) groups excluding carboxylic acids is 2. The van der Waals surface area contributed by atoms with Gasteiger partial charge in [-0.05, 0) is 38.3 Å². The Morgan fingerprint density at radius 1 is 1.00 bits per heavy atom. The van der Waals surface area contributed by atoms with Gasteiger partial charge in [-0.15, -0.1) is 0 Å². The van der Waals surface area contributed by atoms with E-state index in [-0.39, 0.29) is 23.3 Å². The first-order valence-corrected chi connectivity index (χ1v) is 8.13. The molecule has 24 heavy (non-hydrogen) atoms. The standard InChI is InChI=1S/C18H20N4O2/c1-13-5-7-14(8-6-13)17(23)21-16-15(19-9-10-20-16)18(24)22-11-3-2-4-12-22/h5-10H,2-4,11-12H2,1H3,(H,20,21,23). The quantitative estimate of drug-likeness (QED) is 0.942. The molecule has 6 nitrogen and oxygen atoms in total. The fraction of sp³-hybridized carbons (Fsp3) is 0.333. The summed E-state index contributed by atoms with van der Waals surface area (Å²) in [6.45, 7) is 3.40. The van der Waals surface area contributed by atoms with Gasteiger partial charge in [0.25, 0.3) is 11.8 Å². The van der Waals surface area contributed by atoms with Crippen LogP contribution in [0.1, 0.15) is 45.7 Å². The number of aryl methyl sites for hydroxylation is 1. The summed E-state index contributed by atoms with van der Waals surface area (Å²) in [6, 6.07) is 7.22. The van der Waals surface area contributed by atoms with Crippen LogP contribution in [0, 0.1) is 6.92 Å². The summed E-state index contributed by atoms with van der Waals surface area (Å²) in [6.07, 6.45) is 6.08. The van der Waals surface area contributed by atoms with Gasteiger partial charge in [0.2, 0.25) is 0 Å². The van der Waals surface area contributed by atoms with Crippen molar-refractivity contribution in [2.24, 2.45) is 0 Å². The van der Waals surface area contributed by atoms with Crippen LogP contribution >= 0.6 is 0 Å². The van der Waals surface area contributed by atoms with Crippen molar-refractivity contribution >= 4 is 17.6 Å². The molecule has 124 valence electrons. The Kier molecular flexibility index (Phi) is 4.84. The second-order valence-corrected chi connectivity index (χ2v) is 5.93. The summed E-state index contributed by atoms with van der Waals surface area (Å²) >= 11 is 0. The van der Waals surface area contributed by atoms with Gasteiger partial charge in [0.15, 0.2) is 11.5 Å². The van der Waals surface area contributed by atoms with Gasteiger partial charge in [0.05, 0.1) is 0 Å². The SMILES string of the molecule is Cc1ccc(C(=O)Nc2nccnc2C(=O)N2CCCCC2)cc1. The van der Waals surface area contributed by atoms with Gasteiger partial charge in [0, 0.05) is 31.0 Å². The highest BCUT2D eigenvalue weighted by Crippen LogP contribution is 2.17. The number of hydrogen-bond donors (Lipinski definition) is 1. The molecule has 0 bridgehead atoms. The number of anilines is 1. The zero-order valence-electron chi connectivity index (χ0n) is 13.7. The van der Waals surface area contributed by atoms with Crippen molar-refractivity contribution in [3.63, 3.8) is 0 Å². The highest BCUT2D eigenvalue weighted by molar-refractivity contribution is 6.07. The van der Waals surface area contributed by atoms with Crippen molar-refractivity contribution in [1.29, 1.82) is 0 Å². The molecule has 1 aliphatic rings. The van der Waals surface area contributed by atoms with E-state index in [0.717, 1.165) is 37.9 Å². The van der Waals surface area contributed by atoms with E-state index in [1.165, 1.54) is 12.4 Å². The minimum Gasteiger partial charge on any atom is -0.337 e. The first-order valence-electron chi connectivity index (χ1n) is 8.13. The lowest BCUT2D eigenvalue weighted by Crippen LogP contribution is -2.36. The van der Waals surface area contributed by atoms with Crippen molar-refractivity contribution < 1.29 is 9.59 Å². The number of aromatic nitrogens is 2. The number of amides is 2. The molecule has 0 atom stereocenters. The third kappa shape index (κ3) is 3.59. The van der Waals surface area contributed by atoms with Gasteiger partial charge in [-0.2, -0.15) is 0 Å². The number of benzene rings is 1. The van der Waals surface area contributed by atoms with E-state index in [1.54, 1.807) is 17.0 Å². The molecule has 1 aromatic heterocycles. The Morgan fingerprint density at radius 2 is 1.67 bits per heavy atom. The topological polar surface area (TPSA) is 75.2 Å². The molecule has 2 amide bonds. The van der Waals surface area contributed by atoms with Crippen LogP contribution < -0.4 is 5.32 Å². The van der Waals surface area contributed by atoms with Crippen molar-refractivity contribution in [3.05, 3.63) is 53.5 Å². The van der Waals surface area contributed by atoms with Crippen LogP contribution in [-0.4, -0.2) is 39.8 Å². The lowest BCUT2D eigenvalue weighted by molar-refractivity contribution is 0.0719. The predicted octanol–water partition coefficient (Wildman–Crippen LogP) is 2.66. The summed E-state index contributed by atoms with van der Waals surface area (Å²) in [7, 11) is 0. The zero-order chi connectivity index (χ0) is 16.9. The van der Waals surface area contributed by atoms with Gasteiger partial charge in [-0.3, -0.25) is 9.59 Å². The highest BCUT2D eigenvalue weighted by Gasteiger charge is 2.23. The number of nitrogens with zero attached hydrogens (tertiary/aromatic N) is 3. The van der Waals surface area contributed by atoms with E-state index < -0.39 is 0 Å². The molecule has 0 spiro atoms. The predicted molar refractivity (Wildman–Crippen MR) is 90.9 cm³/mol. The van der Waals surface area contributed by atoms with Gasteiger partial charge < -0.3 is 10.2 Å². The zero-order valence-corrected chi connectivity index (χ0v) is 13.7. The van der Waals surface area contributed by atoms with E-state index in [2.05, 4.69) is 15.3 Å². The molecule has 0 radical (unpaired) electrons. The van der Waals surface area contributed by atoms with Crippen LogP contribution in [0.3, 0.4) is 0 Å². The number of piperidine rings is 1. The molecule has 2 aromatic rings. The van der Waals surface area contributed by atoms with Crippen molar-refractivity contribution in [2.45, 2.75) is 26.2 Å². The number of hydrogen-bond acceptors (Lipinski definition) is 4. The normalized spacial score (nSPS) is 14.3. The molecule has 1 saturated heterocycles. The maximum atomic E-state index is 12.7. The fourth-order valence-electron chi connectivity index (χ4n) is 2.72. The molecule has 1 aromatic carbocycles. The Balaban J connectivity index is 1.79. The average molecular weight is 324 g/mol. The Labute approximate surface area is 140 Å². The van der Waals surface area contributed by atoms with Crippen molar-refractivity contribution in [1.82, 2.24) is 14.9 Å². The largest absolute Gasteiger partial charge is 0.337 e. The summed E-state index contributed by atoms with van der Waals surface area (Å²) in [5.41, 5.74) is 1.79. The molecule has 3 rings (SSSR count). The second-order valence-electron chi connectivity index (χ2n) is 5.93. The van der Waals surface area contributed by atoms with Crippen LogP contribution in [0.15, 0.2) is 36.7 Å². The highest BCUT2D eigenvalue weighted by atomic mass is 16.2. The van der Waals surface area contributed by atoms with Crippen LogP contribution in [-0.2, 0) is 0 Å². The fourth-order valence-corrected chi connectivity index (χ4v) is 2.72. The lowest BCUT2D eigenvalue weighted by atomic mass is 10.1. The lowest BCUT2D eigenvalue weighted by Gasteiger charge is -2.26. The Morgan fingerprint density at radius 3 is 2.38 bits per heavy atom. The molecule has 0 unspecified atom stereocenters. The average Bonchev–Trinajstić information content (AvgIpc) is 2.63. The van der Waals surface area contributed by atoms with E-state index >= 15 is 0 Å². The van der Waals surface area contributed by atoms with E-state index in [0.29, 0.717) is 5.56 Å². The molecule has 1 fully saturated rings. The number of carbonyl (C=O) groups is 2. The summed E-state index contributed by atoms with van der Waals surface area (Å²) in [5, 5.41) is 2.71. The van der Waals surface area contributed by atoms with Crippen LogP contribution in [0.5, 0.6) is 0 Å². The number of likely N-dealkylation sites (tertiary alicyclic amines) is 1. The first kappa shape index (κ1) is 16.1.